The lowest BCUT2D eigenvalue weighted by molar-refractivity contribution is -0.0525. The minimum atomic E-state index is -5.70. The van der Waals surface area contributed by atoms with E-state index in [0.717, 1.165) is 5.39 Å². The van der Waals surface area contributed by atoms with E-state index in [4.69, 9.17) is 43.2 Å². The Balaban J connectivity index is 1.74. The molecule has 0 saturated carbocycles. The van der Waals surface area contributed by atoms with E-state index in [1.54, 1.807) is 24.3 Å². The van der Waals surface area contributed by atoms with E-state index in [2.05, 4.69) is 13.1 Å². The van der Waals surface area contributed by atoms with Gasteiger partial charge in [-0.2, -0.15) is 8.62 Å². The third kappa shape index (κ3) is 6.77. The number of hydrogen-bond donors (Lipinski definition) is 6. The number of fused-ring (bicyclic) bond motifs is 1. The fourth-order valence-corrected chi connectivity index (χ4v) is 6.54. The van der Waals surface area contributed by atoms with Crippen LogP contribution in [0.4, 0.5) is 0 Å². The third-order valence-electron chi connectivity index (χ3n) is 4.32. The van der Waals surface area contributed by atoms with Crippen LogP contribution in [0.1, 0.15) is 6.23 Å². The van der Waals surface area contributed by atoms with E-state index < -0.39 is 54.6 Å². The second kappa shape index (κ2) is 9.82. The first-order valence-electron chi connectivity index (χ1n) is 8.69. The van der Waals surface area contributed by atoms with Crippen molar-refractivity contribution >= 4 is 58.1 Å². The van der Waals surface area contributed by atoms with Gasteiger partial charge in [-0.3, -0.25) is 4.52 Å². The molecule has 184 valence electrons. The zero-order chi connectivity index (χ0) is 24.8. The van der Waals surface area contributed by atoms with Crippen molar-refractivity contribution in [1.82, 2.24) is 4.57 Å². The summed E-state index contributed by atoms with van der Waals surface area (Å²) in [6.45, 7) is -0.939. The zero-order valence-electron chi connectivity index (χ0n) is 16.0. The number of halogens is 1. The highest BCUT2D eigenvalue weighted by Gasteiger charge is 2.46. The van der Waals surface area contributed by atoms with Crippen LogP contribution in [0.15, 0.2) is 30.5 Å². The van der Waals surface area contributed by atoms with Crippen molar-refractivity contribution < 1.29 is 61.4 Å². The minimum Gasteiger partial charge on any atom is -0.387 e. The quantitative estimate of drug-likeness (QED) is 0.199. The van der Waals surface area contributed by atoms with E-state index in [0.29, 0.717) is 10.4 Å². The number of nitrogens with zero attached hydrogens (tertiary/aromatic N) is 1. The highest BCUT2D eigenvalue weighted by molar-refractivity contribution is 7.71. The average molecular weight is 568 g/mol. The molecule has 19 heteroatoms. The summed E-state index contributed by atoms with van der Waals surface area (Å²) in [4.78, 5) is 35.7. The molecule has 3 rings (SSSR count). The summed E-state index contributed by atoms with van der Waals surface area (Å²) >= 11 is 11.4. The molecule has 1 aromatic heterocycles. The molecule has 1 aliphatic rings. The van der Waals surface area contributed by atoms with Crippen LogP contribution in [0.5, 0.6) is 0 Å². The molecule has 1 aromatic carbocycles. The number of benzene rings is 1. The molecule has 14 nitrogen and oxygen atoms in total. The molecule has 1 saturated heterocycles. The Kier molecular flexibility index (Phi) is 8.04. The van der Waals surface area contributed by atoms with Gasteiger partial charge in [0.05, 0.1) is 6.61 Å². The molecule has 6 N–H and O–H groups in total. The average Bonchev–Trinajstić information content (AvgIpc) is 2.93. The second-order valence-electron chi connectivity index (χ2n) is 6.69. The maximum Gasteiger partial charge on any atom is 0.490 e. The Bertz CT molecular complexity index is 1250. The normalized spacial score (nSPS) is 27.4. The molecule has 6 atom stereocenters. The second-order valence-corrected chi connectivity index (χ2v) is 11.9. The van der Waals surface area contributed by atoms with Gasteiger partial charge in [0.1, 0.15) is 23.0 Å². The summed E-state index contributed by atoms with van der Waals surface area (Å²) in [6.07, 6.45) is -4.41. The zero-order valence-corrected chi connectivity index (χ0v) is 20.3. The summed E-state index contributed by atoms with van der Waals surface area (Å²) in [5, 5.41) is 22.4. The number of aliphatic hydroxyl groups excluding tert-OH is 2. The Morgan fingerprint density at radius 3 is 2.33 bits per heavy atom. The number of aliphatic hydroxyl groups is 2. The monoisotopic (exact) mass is 567 g/mol. The molecule has 33 heavy (non-hydrogen) atoms. The van der Waals surface area contributed by atoms with Crippen LogP contribution in [-0.2, 0) is 31.6 Å². The maximum absolute atomic E-state index is 11.9. The van der Waals surface area contributed by atoms with Gasteiger partial charge in [0.15, 0.2) is 6.23 Å². The molecule has 2 aromatic rings. The Hall–Kier alpha value is -0.570. The third-order valence-corrected chi connectivity index (χ3v) is 8.79. The summed E-state index contributed by atoms with van der Waals surface area (Å²) in [5.41, 5.74) is 0. The predicted octanol–water partition coefficient (Wildman–Crippen LogP) is 1.99. The Morgan fingerprint density at radius 1 is 1.03 bits per heavy atom. The summed E-state index contributed by atoms with van der Waals surface area (Å²) < 4.78 is 52.6. The van der Waals surface area contributed by atoms with Gasteiger partial charge in [-0.25, -0.2) is 13.7 Å². The van der Waals surface area contributed by atoms with Crippen molar-refractivity contribution in [2.45, 2.75) is 24.5 Å². The summed E-state index contributed by atoms with van der Waals surface area (Å²) in [7, 11) is -16.7. The molecular formula is C14H17ClNO13P3S. The van der Waals surface area contributed by atoms with Crippen molar-refractivity contribution in [3.8, 4) is 0 Å². The molecule has 2 heterocycles. The van der Waals surface area contributed by atoms with Gasteiger partial charge in [0.2, 0.25) is 0 Å². The van der Waals surface area contributed by atoms with Gasteiger partial charge in [-0.15, -0.1) is 0 Å². The lowest BCUT2D eigenvalue weighted by Gasteiger charge is -2.20. The number of phosphoric acid groups is 3. The van der Waals surface area contributed by atoms with Gasteiger partial charge >= 0.3 is 23.5 Å². The number of rotatable bonds is 8. The van der Waals surface area contributed by atoms with Gasteiger partial charge < -0.3 is 39.1 Å². The van der Waals surface area contributed by atoms with Crippen LogP contribution in [0.2, 0.25) is 5.02 Å². The highest BCUT2D eigenvalue weighted by Crippen LogP contribution is 2.66. The molecule has 0 aliphatic carbocycles. The van der Waals surface area contributed by atoms with Gasteiger partial charge in [0, 0.05) is 16.6 Å². The number of pyridine rings is 1. The standard InChI is InChI=1S/C14H17ClNO13P3S/c15-8-2-1-7-3-4-16(14(33)9(7)5-8)13-12(18)11(17)10(27-13)6-26-31(22,23)29-32(24,25)28-30(19,20)21/h1-5,10-13,17-18H,6H2,(H,22,23)(H,24,25)(H2,19,20,21)/t10-,11+,12+,13-/m0/s1. The SMILES string of the molecule is O=P(O)(O)OP(=O)(O)OP(=O)(O)OC[C@@H]1O[C@H](n2ccc3ccc(Cl)cc3c2=S)[C@H](O)[C@@H]1O. The molecule has 0 amide bonds. The van der Waals surface area contributed by atoms with E-state index in [1.807, 2.05) is 0 Å². The lowest BCUT2D eigenvalue weighted by atomic mass is 10.1. The first-order valence-corrected chi connectivity index (χ1v) is 14.0. The topological polar surface area (TPSA) is 214 Å². The first kappa shape index (κ1) is 27.0. The van der Waals surface area contributed by atoms with Gasteiger partial charge in [0.25, 0.3) is 0 Å². The van der Waals surface area contributed by atoms with E-state index in [1.165, 1.54) is 10.8 Å². The largest absolute Gasteiger partial charge is 0.490 e. The fourth-order valence-electron chi connectivity index (χ4n) is 2.99. The Labute approximate surface area is 195 Å². The number of hydrogen-bond acceptors (Lipinski definition) is 10. The summed E-state index contributed by atoms with van der Waals surface area (Å²) in [5.74, 6) is 0. The van der Waals surface area contributed by atoms with Crippen LogP contribution in [0.3, 0.4) is 0 Å². The van der Waals surface area contributed by atoms with Crippen molar-refractivity contribution in [3.05, 3.63) is 40.1 Å². The molecule has 0 bridgehead atoms. The Morgan fingerprint density at radius 2 is 1.70 bits per heavy atom. The molecule has 1 fully saturated rings. The number of aromatic nitrogens is 1. The highest BCUT2D eigenvalue weighted by atomic mass is 35.5. The predicted molar refractivity (Wildman–Crippen MR) is 114 cm³/mol. The lowest BCUT2D eigenvalue weighted by Crippen LogP contribution is -2.33. The number of ether oxygens (including phenoxy) is 1. The van der Waals surface area contributed by atoms with Crippen LogP contribution < -0.4 is 0 Å². The molecule has 0 radical (unpaired) electrons. The van der Waals surface area contributed by atoms with Gasteiger partial charge in [-0.05, 0) is 23.6 Å². The first-order chi connectivity index (χ1) is 15.1. The van der Waals surface area contributed by atoms with E-state index >= 15 is 0 Å². The summed E-state index contributed by atoms with van der Waals surface area (Å²) in [6, 6.07) is 6.64. The van der Waals surface area contributed by atoms with Crippen molar-refractivity contribution in [1.29, 1.82) is 0 Å². The molecule has 0 spiro atoms. The maximum atomic E-state index is 11.9. The number of phosphoric ester groups is 1. The van der Waals surface area contributed by atoms with Crippen LogP contribution >= 0.6 is 47.3 Å². The fraction of sp³-hybridized carbons (Fsp3) is 0.357. The minimum absolute atomic E-state index is 0.208. The molecule has 2 unspecified atom stereocenters. The van der Waals surface area contributed by atoms with Crippen LogP contribution in [0.25, 0.3) is 10.8 Å². The van der Waals surface area contributed by atoms with Gasteiger partial charge in [-0.1, -0.05) is 29.9 Å². The van der Waals surface area contributed by atoms with Crippen molar-refractivity contribution in [3.63, 3.8) is 0 Å². The van der Waals surface area contributed by atoms with E-state index in [9.17, 15) is 28.8 Å². The van der Waals surface area contributed by atoms with Crippen LogP contribution in [0, 0.1) is 4.64 Å². The van der Waals surface area contributed by atoms with Crippen molar-refractivity contribution in [2.75, 3.05) is 6.61 Å². The van der Waals surface area contributed by atoms with Crippen molar-refractivity contribution in [2.24, 2.45) is 0 Å². The molecule has 1 aliphatic heterocycles. The van der Waals surface area contributed by atoms with Crippen LogP contribution in [-0.4, -0.2) is 59.3 Å². The molecular weight excluding hydrogens is 551 g/mol. The smallest absolute Gasteiger partial charge is 0.387 e. The van der Waals surface area contributed by atoms with E-state index in [-0.39, 0.29) is 4.64 Å².